The summed E-state index contributed by atoms with van der Waals surface area (Å²) in [5.41, 5.74) is 2.46. The molecule has 2 aromatic rings. The molecule has 138 valence electrons. The van der Waals surface area contributed by atoms with E-state index >= 15 is 0 Å². The number of rotatable bonds is 5. The minimum atomic E-state index is -0.695. The lowest BCUT2D eigenvalue weighted by Crippen LogP contribution is -2.35. The molecular formula is C20H23ClN2O3. The maximum Gasteiger partial charge on any atom is 0.306 e. The van der Waals surface area contributed by atoms with E-state index in [9.17, 15) is 9.59 Å². The van der Waals surface area contributed by atoms with Crippen LogP contribution in [0.15, 0.2) is 54.6 Å². The summed E-state index contributed by atoms with van der Waals surface area (Å²) < 4.78 is 0. The monoisotopic (exact) mass is 374 g/mol. The van der Waals surface area contributed by atoms with Gasteiger partial charge in [0.05, 0.1) is 5.92 Å². The fourth-order valence-electron chi connectivity index (χ4n) is 3.13. The van der Waals surface area contributed by atoms with Crippen LogP contribution in [-0.4, -0.2) is 35.0 Å². The molecule has 0 aliphatic carbocycles. The molecule has 6 heteroatoms. The van der Waals surface area contributed by atoms with Crippen LogP contribution in [0, 0.1) is 5.92 Å². The standard InChI is InChI=1S/C20H22N2O3.ClH/c23-19(21-18-7-2-1-3-8-18)17-6-4-5-15(13-17)14-22-11-9-16(10-12-22)20(24)25;/h1-8,13,16H,9-12,14H2,(H,21,23)(H,24,25);1H. The maximum atomic E-state index is 12.4. The van der Waals surface area contributed by atoms with E-state index in [-0.39, 0.29) is 24.2 Å². The number of amides is 1. The number of halogens is 1. The molecule has 0 aromatic heterocycles. The van der Waals surface area contributed by atoms with Gasteiger partial charge in [-0.3, -0.25) is 14.5 Å². The zero-order valence-electron chi connectivity index (χ0n) is 14.4. The van der Waals surface area contributed by atoms with E-state index in [2.05, 4.69) is 10.2 Å². The minimum absolute atomic E-state index is 0. The molecule has 1 aliphatic heterocycles. The van der Waals surface area contributed by atoms with Crippen LogP contribution in [0.3, 0.4) is 0 Å². The fourth-order valence-corrected chi connectivity index (χ4v) is 3.13. The Morgan fingerprint density at radius 3 is 2.38 bits per heavy atom. The number of piperidine rings is 1. The van der Waals surface area contributed by atoms with Gasteiger partial charge in [-0.05, 0) is 55.8 Å². The molecule has 5 nitrogen and oxygen atoms in total. The number of carboxylic acids is 1. The Morgan fingerprint density at radius 2 is 1.73 bits per heavy atom. The van der Waals surface area contributed by atoms with E-state index < -0.39 is 5.97 Å². The van der Waals surface area contributed by atoms with Gasteiger partial charge in [0.1, 0.15) is 0 Å². The van der Waals surface area contributed by atoms with Gasteiger partial charge in [0.2, 0.25) is 0 Å². The van der Waals surface area contributed by atoms with Gasteiger partial charge in [0, 0.05) is 17.8 Å². The number of likely N-dealkylation sites (tertiary alicyclic amines) is 1. The topological polar surface area (TPSA) is 69.6 Å². The third kappa shape index (κ3) is 5.31. The molecule has 0 saturated carbocycles. The quantitative estimate of drug-likeness (QED) is 0.838. The molecule has 0 bridgehead atoms. The average molecular weight is 375 g/mol. The Balaban J connectivity index is 0.00000243. The summed E-state index contributed by atoms with van der Waals surface area (Å²) in [5, 5.41) is 12.0. The van der Waals surface area contributed by atoms with Crippen LogP contribution in [-0.2, 0) is 11.3 Å². The van der Waals surface area contributed by atoms with Crippen molar-refractivity contribution in [2.24, 2.45) is 5.92 Å². The molecule has 2 N–H and O–H groups in total. The Labute approximate surface area is 159 Å². The molecular weight excluding hydrogens is 352 g/mol. The van der Waals surface area contributed by atoms with E-state index in [1.165, 1.54) is 0 Å². The number of hydrogen-bond donors (Lipinski definition) is 2. The number of nitrogens with one attached hydrogen (secondary N) is 1. The van der Waals surface area contributed by atoms with Crippen molar-refractivity contribution in [1.82, 2.24) is 4.90 Å². The molecule has 26 heavy (non-hydrogen) atoms. The molecule has 0 atom stereocenters. The summed E-state index contributed by atoms with van der Waals surface area (Å²) in [5.74, 6) is -1.05. The number of carboxylic acid groups (broad SMARTS) is 1. The molecule has 1 aliphatic rings. The van der Waals surface area contributed by atoms with Gasteiger partial charge in [0.15, 0.2) is 0 Å². The first-order chi connectivity index (χ1) is 12.1. The molecule has 1 heterocycles. The van der Waals surface area contributed by atoms with Gasteiger partial charge in [-0.1, -0.05) is 30.3 Å². The summed E-state index contributed by atoms with van der Waals surface area (Å²) >= 11 is 0. The number of hydrogen-bond acceptors (Lipinski definition) is 3. The van der Waals surface area contributed by atoms with E-state index in [0.29, 0.717) is 18.4 Å². The number of nitrogens with zero attached hydrogens (tertiary/aromatic N) is 1. The zero-order chi connectivity index (χ0) is 17.6. The summed E-state index contributed by atoms with van der Waals surface area (Å²) in [4.78, 5) is 25.7. The SMILES string of the molecule is Cl.O=C(Nc1ccccc1)c1cccc(CN2CCC(C(=O)O)CC2)c1. The first-order valence-corrected chi connectivity index (χ1v) is 8.52. The number of aliphatic carboxylic acids is 1. The van der Waals surface area contributed by atoms with Crippen molar-refractivity contribution in [3.8, 4) is 0 Å². The molecule has 2 aromatic carbocycles. The molecule has 1 saturated heterocycles. The lowest BCUT2D eigenvalue weighted by Gasteiger charge is -2.30. The molecule has 0 spiro atoms. The van der Waals surface area contributed by atoms with Crippen LogP contribution in [0.4, 0.5) is 5.69 Å². The number of benzene rings is 2. The van der Waals surface area contributed by atoms with Gasteiger partial charge < -0.3 is 10.4 Å². The summed E-state index contributed by atoms with van der Waals surface area (Å²) in [7, 11) is 0. The normalized spacial score (nSPS) is 15.1. The minimum Gasteiger partial charge on any atom is -0.481 e. The zero-order valence-corrected chi connectivity index (χ0v) is 15.2. The van der Waals surface area contributed by atoms with E-state index in [0.717, 1.165) is 30.9 Å². The van der Waals surface area contributed by atoms with Crippen molar-refractivity contribution in [2.45, 2.75) is 19.4 Å². The van der Waals surface area contributed by atoms with Gasteiger partial charge in [0.25, 0.3) is 5.91 Å². The van der Waals surface area contributed by atoms with E-state index in [1.807, 2.05) is 48.5 Å². The Hall–Kier alpha value is -2.37. The number of carbonyl (C=O) groups is 2. The highest BCUT2D eigenvalue weighted by Crippen LogP contribution is 2.19. The molecule has 3 rings (SSSR count). The van der Waals surface area contributed by atoms with Crippen molar-refractivity contribution < 1.29 is 14.7 Å². The predicted molar refractivity (Wildman–Crippen MR) is 104 cm³/mol. The van der Waals surface area contributed by atoms with Crippen molar-refractivity contribution >= 4 is 30.0 Å². The third-order valence-electron chi connectivity index (χ3n) is 4.56. The molecule has 1 amide bonds. The average Bonchev–Trinajstić information content (AvgIpc) is 2.63. The highest BCUT2D eigenvalue weighted by Gasteiger charge is 2.24. The van der Waals surface area contributed by atoms with E-state index in [4.69, 9.17) is 5.11 Å². The van der Waals surface area contributed by atoms with Crippen LogP contribution >= 0.6 is 12.4 Å². The number of carbonyl (C=O) groups excluding carboxylic acids is 1. The smallest absolute Gasteiger partial charge is 0.306 e. The highest BCUT2D eigenvalue weighted by molar-refractivity contribution is 6.04. The van der Waals surface area contributed by atoms with Crippen molar-refractivity contribution in [3.05, 3.63) is 65.7 Å². The van der Waals surface area contributed by atoms with Gasteiger partial charge >= 0.3 is 5.97 Å². The predicted octanol–water partition coefficient (Wildman–Crippen LogP) is 3.66. The lowest BCUT2D eigenvalue weighted by molar-refractivity contribution is -0.143. The Morgan fingerprint density at radius 1 is 1.04 bits per heavy atom. The van der Waals surface area contributed by atoms with Crippen molar-refractivity contribution in [3.63, 3.8) is 0 Å². The van der Waals surface area contributed by atoms with Crippen LogP contribution < -0.4 is 5.32 Å². The second-order valence-corrected chi connectivity index (χ2v) is 6.41. The number of anilines is 1. The maximum absolute atomic E-state index is 12.4. The lowest BCUT2D eigenvalue weighted by atomic mass is 9.96. The molecule has 1 fully saturated rings. The number of para-hydroxylation sites is 1. The Bertz CT molecular complexity index is 744. The van der Waals surface area contributed by atoms with Gasteiger partial charge in [-0.15, -0.1) is 12.4 Å². The molecule has 0 radical (unpaired) electrons. The summed E-state index contributed by atoms with van der Waals surface area (Å²) in [6.45, 7) is 2.29. The first kappa shape index (κ1) is 19.9. The summed E-state index contributed by atoms with van der Waals surface area (Å²) in [6, 6.07) is 17.0. The van der Waals surface area contributed by atoms with Crippen LogP contribution in [0.25, 0.3) is 0 Å². The van der Waals surface area contributed by atoms with Gasteiger partial charge in [-0.25, -0.2) is 0 Å². The van der Waals surface area contributed by atoms with Gasteiger partial charge in [-0.2, -0.15) is 0 Å². The van der Waals surface area contributed by atoms with Crippen LogP contribution in [0.1, 0.15) is 28.8 Å². The Kier molecular flexibility index (Phi) is 7.18. The molecule has 0 unspecified atom stereocenters. The van der Waals surface area contributed by atoms with Crippen LogP contribution in [0.2, 0.25) is 0 Å². The first-order valence-electron chi connectivity index (χ1n) is 8.52. The largest absolute Gasteiger partial charge is 0.481 e. The van der Waals surface area contributed by atoms with E-state index in [1.54, 1.807) is 6.07 Å². The van der Waals surface area contributed by atoms with Crippen molar-refractivity contribution in [1.29, 1.82) is 0 Å². The van der Waals surface area contributed by atoms with Crippen molar-refractivity contribution in [2.75, 3.05) is 18.4 Å². The fraction of sp³-hybridized carbons (Fsp3) is 0.300. The highest BCUT2D eigenvalue weighted by atomic mass is 35.5. The summed E-state index contributed by atoms with van der Waals surface area (Å²) in [6.07, 6.45) is 1.37. The second kappa shape index (κ2) is 9.36. The third-order valence-corrected chi connectivity index (χ3v) is 4.56. The van der Waals surface area contributed by atoms with Crippen LogP contribution in [0.5, 0.6) is 0 Å². The second-order valence-electron chi connectivity index (χ2n) is 6.41.